The third-order valence-electron chi connectivity index (χ3n) is 19.7. The lowest BCUT2D eigenvalue weighted by atomic mass is 9.82. The fraction of sp³-hybridized carbons (Fsp3) is 0.310. The number of aromatic hydroxyl groups is 12. The van der Waals surface area contributed by atoms with Crippen LogP contribution in [0.3, 0.4) is 0 Å². The minimum Gasteiger partial charge on any atom is -0.508 e. The lowest BCUT2D eigenvalue weighted by molar-refractivity contribution is 0.466. The van der Waals surface area contributed by atoms with Gasteiger partial charge in [0.15, 0.2) is 0 Å². The molecule has 0 amide bonds. The molecule has 12 nitrogen and oxygen atoms in total. The maximum absolute atomic E-state index is 9.29. The highest BCUT2D eigenvalue weighted by atomic mass is 16.3. The normalized spacial score (nSPS) is 9.78. The van der Waals surface area contributed by atoms with Crippen LogP contribution in [-0.2, 0) is 31.1 Å². The van der Waals surface area contributed by atoms with E-state index in [0.717, 1.165) is 83.0 Å². The third kappa shape index (κ3) is 53.2. The third-order valence-corrected chi connectivity index (χ3v) is 19.7. The van der Waals surface area contributed by atoms with Crippen LogP contribution in [0.4, 0.5) is 0 Å². The van der Waals surface area contributed by atoms with Crippen molar-refractivity contribution >= 4 is 0 Å². The summed E-state index contributed by atoms with van der Waals surface area (Å²) >= 11 is 0. The van der Waals surface area contributed by atoms with Crippen LogP contribution >= 0.6 is 0 Å². The van der Waals surface area contributed by atoms with E-state index < -0.39 is 0 Å². The average Bonchev–Trinajstić information content (AvgIpc) is 0.826. The monoisotopic (exact) mass is 1700 g/mol. The van der Waals surface area contributed by atoms with Crippen LogP contribution < -0.4 is 0 Å². The van der Waals surface area contributed by atoms with Gasteiger partial charge in [-0.3, -0.25) is 0 Å². The lowest BCUT2D eigenvalue weighted by Gasteiger charge is -2.23. The van der Waals surface area contributed by atoms with Crippen LogP contribution in [0.2, 0.25) is 0 Å². The molecule has 0 fully saturated rings. The zero-order valence-corrected chi connectivity index (χ0v) is 78.3. The fourth-order valence-electron chi connectivity index (χ4n) is 11.1. The SMILES string of the molecule is CCC(C)(C)c1ccc(-c2ccc(O)cc2)cc1.CCCCCC.CCCCCc1ccc(O)cc1.CCCCc1ccc(O)cc1.CCCc1ccc(O)cc1.CCc1ccc(O)cc1.Cc1ccc(C)c(O)c1.Cc1ccc(O)c(C)c1.Cc1ccc(O)cc1.Cc1ccc(O)cc1C.Cc1cccc(C)c1O.Cc1cccc(O)c1.Oc1ccccc1. The van der Waals surface area contributed by atoms with Crippen molar-refractivity contribution in [3.8, 4) is 80.1 Å². The first kappa shape index (κ1) is 110. The summed E-state index contributed by atoms with van der Waals surface area (Å²) in [6, 6.07) is 90.8. The molecule has 0 atom stereocenters. The van der Waals surface area contributed by atoms with Gasteiger partial charge in [0, 0.05) is 0 Å². The number of rotatable bonds is 16. The number of unbranched alkanes of at least 4 members (excludes halogenated alkanes) is 6. The van der Waals surface area contributed by atoms with Crippen molar-refractivity contribution in [1.82, 2.24) is 0 Å². The summed E-state index contributed by atoms with van der Waals surface area (Å²) in [7, 11) is 0. The van der Waals surface area contributed by atoms with Gasteiger partial charge in [-0.15, -0.1) is 0 Å². The molecule has 125 heavy (non-hydrogen) atoms. The Morgan fingerprint density at radius 3 is 0.904 bits per heavy atom. The van der Waals surface area contributed by atoms with Crippen molar-refractivity contribution in [1.29, 1.82) is 0 Å². The maximum Gasteiger partial charge on any atom is 0.121 e. The van der Waals surface area contributed by atoms with E-state index in [-0.39, 0.29) is 5.41 Å². The molecule has 0 bridgehead atoms. The van der Waals surface area contributed by atoms with Crippen LogP contribution in [0.15, 0.2) is 297 Å². The molecule has 0 saturated heterocycles. The average molecular weight is 1700 g/mol. The summed E-state index contributed by atoms with van der Waals surface area (Å²) in [6.45, 7) is 39.3. The highest BCUT2D eigenvalue weighted by molar-refractivity contribution is 5.64. The molecule has 0 radical (unpaired) electrons. The molecule has 0 unspecified atom stereocenters. The lowest BCUT2D eigenvalue weighted by Crippen LogP contribution is -2.14. The topological polar surface area (TPSA) is 243 Å². The minimum absolute atomic E-state index is 0.230. The summed E-state index contributed by atoms with van der Waals surface area (Å²) in [4.78, 5) is 0. The van der Waals surface area contributed by atoms with Gasteiger partial charge in [0.1, 0.15) is 69.0 Å². The summed E-state index contributed by atoms with van der Waals surface area (Å²) in [6.07, 6.45) is 18.5. The van der Waals surface area contributed by atoms with Crippen LogP contribution in [0, 0.1) is 69.2 Å². The Kier molecular flexibility index (Phi) is 57.6. The van der Waals surface area contributed by atoms with Crippen molar-refractivity contribution in [2.75, 3.05) is 0 Å². The van der Waals surface area contributed by atoms with Gasteiger partial charge in [-0.1, -0.05) is 301 Å². The van der Waals surface area contributed by atoms with Crippen LogP contribution in [0.1, 0.15) is 216 Å². The van der Waals surface area contributed by atoms with E-state index in [2.05, 4.69) is 86.6 Å². The molecule has 12 heteroatoms. The van der Waals surface area contributed by atoms with Gasteiger partial charge in [-0.25, -0.2) is 0 Å². The minimum atomic E-state index is 0.230. The van der Waals surface area contributed by atoms with Gasteiger partial charge in [0.05, 0.1) is 0 Å². The molecule has 0 aliphatic rings. The molecule has 13 aromatic carbocycles. The Hall–Kier alpha value is -12.5. The molecule has 0 aliphatic carbocycles. The molecular formula is C113H148O12. The van der Waals surface area contributed by atoms with E-state index in [0.29, 0.717) is 69.0 Å². The van der Waals surface area contributed by atoms with E-state index in [1.54, 1.807) is 133 Å². The second-order valence-electron chi connectivity index (χ2n) is 31.5. The fourth-order valence-corrected chi connectivity index (χ4v) is 11.1. The summed E-state index contributed by atoms with van der Waals surface area (Å²) in [5.41, 5.74) is 19.7. The molecule has 0 aromatic heterocycles. The van der Waals surface area contributed by atoms with Gasteiger partial charge in [0.2, 0.25) is 0 Å². The molecule has 0 spiro atoms. The van der Waals surface area contributed by atoms with E-state index in [9.17, 15) is 10.2 Å². The van der Waals surface area contributed by atoms with Crippen molar-refractivity contribution in [3.63, 3.8) is 0 Å². The van der Waals surface area contributed by atoms with Crippen molar-refractivity contribution in [2.45, 2.75) is 233 Å². The number of benzene rings is 13. The summed E-state index contributed by atoms with van der Waals surface area (Å²) in [5, 5.41) is 108. The number of hydrogen-bond donors (Lipinski definition) is 12. The van der Waals surface area contributed by atoms with E-state index in [4.69, 9.17) is 51.1 Å². The van der Waals surface area contributed by atoms with Gasteiger partial charge in [0.25, 0.3) is 0 Å². The van der Waals surface area contributed by atoms with Crippen molar-refractivity contribution in [3.05, 3.63) is 381 Å². The first-order valence-electron chi connectivity index (χ1n) is 43.8. The summed E-state index contributed by atoms with van der Waals surface area (Å²) < 4.78 is 0. The van der Waals surface area contributed by atoms with Crippen molar-refractivity contribution < 1.29 is 61.3 Å². The van der Waals surface area contributed by atoms with Crippen LogP contribution in [0.5, 0.6) is 69.0 Å². The summed E-state index contributed by atoms with van der Waals surface area (Å²) in [5.74, 6) is 4.21. The van der Waals surface area contributed by atoms with Gasteiger partial charge >= 0.3 is 0 Å². The van der Waals surface area contributed by atoms with Crippen LogP contribution in [0.25, 0.3) is 11.1 Å². The molecule has 672 valence electrons. The Labute approximate surface area is 750 Å². The molecule has 12 N–H and O–H groups in total. The van der Waals surface area contributed by atoms with Gasteiger partial charge < -0.3 is 61.3 Å². The van der Waals surface area contributed by atoms with Crippen LogP contribution in [-0.4, -0.2) is 61.3 Å². The predicted octanol–water partition coefficient (Wildman–Crippen LogP) is 30.3. The number of phenolic OH excluding ortho intramolecular Hbond substituents is 12. The molecule has 0 saturated carbocycles. The number of aryl methyl sites for hydroxylation is 14. The number of para-hydroxylation sites is 2. The van der Waals surface area contributed by atoms with Gasteiger partial charge in [-0.2, -0.15) is 0 Å². The van der Waals surface area contributed by atoms with E-state index >= 15 is 0 Å². The first-order valence-corrected chi connectivity index (χ1v) is 43.8. The highest BCUT2D eigenvalue weighted by Gasteiger charge is 2.17. The number of phenols is 12. The standard InChI is InChI=1S/C17H20O.C11H16O.C10H14O.C9H12O.5C8H10O.2C7H8O.C6H6O.C6H14/c1-4-17(2,3)15-9-5-13(6-10-15)14-7-11-16(18)12-8-14;1-2-3-4-5-10-6-8-11(12)9-7-10;1-2-3-4-9-5-7-10(11)8-6-9;1-2-3-8-4-6-9(10)7-5-8;1-6-3-4-8(9)5-7(6)2;1-6-3-4-8(9)7(2)5-6;1-6-3-4-7(2)8(9)5-6;1-6-4-3-5-7(2)8(6)9;1-2-7-3-5-8(9)6-4-7;1-6-2-4-7(8)5-3-6;1-6-3-2-4-7(8)5-6;7-6-4-2-1-3-5-6;1-3-5-6-4-2/h5-12,18H,4H2,1-3H3;6-9,12H,2-5H2,1H3;5-8,11H,2-4H2,1H3;4-7,10H,2-3H2,1H3;4*3-5,9H,1-2H3;3-6,9H,2H2,1H3;2*2-5,8H,1H3;1-5,7H;3-6H2,1-2H3. The second kappa shape index (κ2) is 65.2. The quantitative estimate of drug-likeness (QED) is 0.0404. The largest absolute Gasteiger partial charge is 0.508 e. The van der Waals surface area contributed by atoms with E-state index in [1.807, 2.05) is 209 Å². The van der Waals surface area contributed by atoms with Crippen molar-refractivity contribution in [2.24, 2.45) is 0 Å². The zero-order valence-electron chi connectivity index (χ0n) is 78.3. The smallest absolute Gasteiger partial charge is 0.121 e. The number of hydrogen-bond acceptors (Lipinski definition) is 12. The Balaban J connectivity index is 0.000000683. The zero-order chi connectivity index (χ0) is 93.5. The molecule has 0 aliphatic heterocycles. The molecule has 0 heterocycles. The predicted molar refractivity (Wildman–Crippen MR) is 528 cm³/mol. The van der Waals surface area contributed by atoms with E-state index in [1.165, 1.54) is 108 Å². The molecule has 13 rings (SSSR count). The Bertz CT molecular complexity index is 4710. The second-order valence-corrected chi connectivity index (χ2v) is 31.5. The Morgan fingerprint density at radius 2 is 0.560 bits per heavy atom. The maximum atomic E-state index is 9.29. The first-order chi connectivity index (χ1) is 59.5. The molecular weight excluding hydrogens is 1550 g/mol. The van der Waals surface area contributed by atoms with Gasteiger partial charge in [-0.05, 0) is 324 Å². The molecule has 13 aromatic rings. The Morgan fingerprint density at radius 1 is 0.216 bits per heavy atom. The highest BCUT2D eigenvalue weighted by Crippen LogP contribution is 2.30.